The van der Waals surface area contributed by atoms with Gasteiger partial charge in [0.1, 0.15) is 0 Å². The van der Waals surface area contributed by atoms with Crippen molar-refractivity contribution in [2.45, 2.75) is 25.7 Å². The number of benzene rings is 1. The fourth-order valence-electron chi connectivity index (χ4n) is 2.50. The topological polar surface area (TPSA) is 3.24 Å². The molecule has 0 fully saturated rings. The average Bonchev–Trinajstić information content (AvgIpc) is 2.66. The first kappa shape index (κ1) is 15.6. The molecule has 0 radical (unpaired) electrons. The predicted molar refractivity (Wildman–Crippen MR) is 74.8 cm³/mol. The Balaban J connectivity index is 0.000000289. The average molecular weight is 276 g/mol. The van der Waals surface area contributed by atoms with Crippen molar-refractivity contribution in [3.05, 3.63) is 47.4 Å². The maximum Gasteiger partial charge on any atom is 4.00 e. The zero-order valence-electron chi connectivity index (χ0n) is 11.7. The van der Waals surface area contributed by atoms with E-state index in [9.17, 15) is 0 Å². The molecule has 2 heteroatoms. The second-order valence-corrected chi connectivity index (χ2v) is 5.28. The van der Waals surface area contributed by atoms with Gasteiger partial charge in [0.25, 0.3) is 0 Å². The third-order valence-corrected chi connectivity index (χ3v) is 3.13. The van der Waals surface area contributed by atoms with Crippen LogP contribution in [0.5, 0.6) is 0 Å². The van der Waals surface area contributed by atoms with E-state index in [1.165, 1.54) is 36.8 Å². The monoisotopic (exact) mass is 276 g/mol. The summed E-state index contributed by atoms with van der Waals surface area (Å²) in [4.78, 5) is 2.00. The van der Waals surface area contributed by atoms with Crippen LogP contribution in [0.15, 0.2) is 29.8 Å². The van der Waals surface area contributed by atoms with E-state index in [4.69, 9.17) is 0 Å². The number of hydrogen-bond donors (Lipinski definition) is 0. The molecule has 0 heterocycles. The minimum Gasteiger partial charge on any atom is -0.312 e. The minimum atomic E-state index is 0. The van der Waals surface area contributed by atoms with E-state index in [2.05, 4.69) is 30.7 Å². The molecule has 1 aromatic rings. The molecule has 0 spiro atoms. The molecule has 92 valence electrons. The van der Waals surface area contributed by atoms with E-state index in [0.717, 1.165) is 0 Å². The first-order valence-electron chi connectivity index (χ1n) is 6.43. The maximum atomic E-state index is 2.43. The molecule has 1 nitrogen and oxygen atoms in total. The molecular weight excluding hydrogens is 254 g/mol. The van der Waals surface area contributed by atoms with Crippen molar-refractivity contribution >= 4 is 5.57 Å². The molecule has 0 saturated heterocycles. The summed E-state index contributed by atoms with van der Waals surface area (Å²) >= 11 is 0. The Morgan fingerprint density at radius 2 is 1.78 bits per heavy atom. The third-order valence-electron chi connectivity index (χ3n) is 3.13. The molecule has 2 aliphatic rings. The van der Waals surface area contributed by atoms with Crippen LogP contribution in [0.25, 0.3) is 5.57 Å². The van der Waals surface area contributed by atoms with Gasteiger partial charge in [0.15, 0.2) is 0 Å². The predicted octanol–water partition coefficient (Wildman–Crippen LogP) is 3.56. The van der Waals surface area contributed by atoms with Gasteiger partial charge in [0.2, 0.25) is 0 Å². The van der Waals surface area contributed by atoms with Crippen molar-refractivity contribution in [3.8, 4) is 0 Å². The van der Waals surface area contributed by atoms with Crippen molar-refractivity contribution in [1.29, 1.82) is 0 Å². The summed E-state index contributed by atoms with van der Waals surface area (Å²) in [6, 6.07) is 8.85. The van der Waals surface area contributed by atoms with Crippen molar-refractivity contribution in [2.75, 3.05) is 21.1 Å². The van der Waals surface area contributed by atoms with Crippen LogP contribution >= 0.6 is 0 Å². The first-order chi connectivity index (χ1) is 8.18. The molecule has 0 saturated carbocycles. The van der Waals surface area contributed by atoms with Gasteiger partial charge in [0.05, 0.1) is 0 Å². The number of allylic oxidation sites excluding steroid dienone is 2. The number of rotatable bonds is 0. The molecule has 0 amide bonds. The van der Waals surface area contributed by atoms with Gasteiger partial charge < -0.3 is 4.90 Å². The fraction of sp³-hybridized carbons (Fsp3) is 0.438. The molecule has 0 unspecified atom stereocenters. The Morgan fingerprint density at radius 3 is 2.50 bits per heavy atom. The Bertz CT molecular complexity index is 418. The van der Waals surface area contributed by atoms with E-state index in [0.29, 0.717) is 0 Å². The molecule has 0 aliphatic heterocycles. The zero-order valence-corrected chi connectivity index (χ0v) is 13.2. The molecule has 1 aromatic carbocycles. The quantitative estimate of drug-likeness (QED) is 0.517. The van der Waals surface area contributed by atoms with Crippen LogP contribution in [0.1, 0.15) is 30.4 Å². The summed E-state index contributed by atoms with van der Waals surface area (Å²) in [6.07, 6.45) is 7.53. The number of nitrogens with zero attached hydrogens (tertiary/aromatic N) is 1. The minimum absolute atomic E-state index is 0. The second kappa shape index (κ2) is 7.18. The summed E-state index contributed by atoms with van der Waals surface area (Å²) in [6.45, 7) is 0. The van der Waals surface area contributed by atoms with Crippen LogP contribution in [0.3, 0.4) is 0 Å². The molecular formula is C16H22NTi+3. The van der Waals surface area contributed by atoms with Gasteiger partial charge in [-0.2, -0.15) is 5.57 Å². The molecule has 18 heavy (non-hydrogen) atoms. The molecule has 0 aromatic heterocycles. The Hall–Kier alpha value is -0.496. The van der Waals surface area contributed by atoms with Gasteiger partial charge in [-0.15, -0.1) is 12.0 Å². The van der Waals surface area contributed by atoms with Gasteiger partial charge in [-0.25, -0.2) is 12.0 Å². The van der Waals surface area contributed by atoms with Gasteiger partial charge in [-0.05, 0) is 27.6 Å². The van der Waals surface area contributed by atoms with E-state index in [1.54, 1.807) is 11.1 Å². The van der Waals surface area contributed by atoms with Gasteiger partial charge in [-0.3, -0.25) is 0 Å². The van der Waals surface area contributed by atoms with Gasteiger partial charge in [-0.1, -0.05) is 42.7 Å². The number of hydrogen-bond acceptors (Lipinski definition) is 1. The van der Waals surface area contributed by atoms with E-state index >= 15 is 0 Å². The van der Waals surface area contributed by atoms with Crippen molar-refractivity contribution in [1.82, 2.24) is 4.90 Å². The fourth-order valence-corrected chi connectivity index (χ4v) is 2.50. The van der Waals surface area contributed by atoms with Crippen LogP contribution in [-0.2, 0) is 28.1 Å². The summed E-state index contributed by atoms with van der Waals surface area (Å²) in [5.41, 5.74) is 6.29. The van der Waals surface area contributed by atoms with Crippen LogP contribution < -0.4 is 0 Å². The van der Waals surface area contributed by atoms with Gasteiger partial charge >= 0.3 is 21.7 Å². The summed E-state index contributed by atoms with van der Waals surface area (Å²) < 4.78 is 0. The molecule has 0 N–H and O–H groups in total. The van der Waals surface area contributed by atoms with Gasteiger partial charge in [0, 0.05) is 0 Å². The van der Waals surface area contributed by atoms with E-state index in [1.807, 2.05) is 26.0 Å². The van der Waals surface area contributed by atoms with Crippen molar-refractivity contribution < 1.29 is 21.7 Å². The van der Waals surface area contributed by atoms with Crippen LogP contribution in [-0.4, -0.2) is 26.0 Å². The second-order valence-electron chi connectivity index (χ2n) is 5.28. The smallest absolute Gasteiger partial charge is 0.312 e. The normalized spacial score (nSPS) is 16.0. The third kappa shape index (κ3) is 3.75. The Labute approximate surface area is 126 Å². The molecule has 3 rings (SSSR count). The van der Waals surface area contributed by atoms with Crippen LogP contribution in [0.4, 0.5) is 0 Å². The molecule has 0 bridgehead atoms. The Kier molecular flexibility index (Phi) is 6.21. The van der Waals surface area contributed by atoms with Crippen molar-refractivity contribution in [3.63, 3.8) is 0 Å². The number of fused-ring (bicyclic) bond motifs is 2. The maximum absolute atomic E-state index is 2.43. The summed E-state index contributed by atoms with van der Waals surface area (Å²) in [5, 5.41) is 0. The van der Waals surface area contributed by atoms with E-state index in [-0.39, 0.29) is 21.7 Å². The first-order valence-corrected chi connectivity index (χ1v) is 6.43. The van der Waals surface area contributed by atoms with Crippen LogP contribution in [0, 0.1) is 6.42 Å². The van der Waals surface area contributed by atoms with Crippen molar-refractivity contribution in [2.24, 2.45) is 0 Å². The standard InChI is InChI=1S/C13H13.C3H9N.Ti/c1-3-7-12-10(5-1)9-11-6-2-4-8-13(11)12;1-4(2)3;/h1,3,5-7H,2,4,8-9H2;1-3H3;/q-1;;+4. The van der Waals surface area contributed by atoms with Crippen LogP contribution in [0.2, 0.25) is 0 Å². The Morgan fingerprint density at radius 1 is 1.11 bits per heavy atom. The molecule has 0 atom stereocenters. The largest absolute Gasteiger partial charge is 4.00 e. The zero-order chi connectivity index (χ0) is 12.3. The summed E-state index contributed by atoms with van der Waals surface area (Å²) in [5.74, 6) is 0. The summed E-state index contributed by atoms with van der Waals surface area (Å²) in [7, 11) is 6.00. The van der Waals surface area contributed by atoms with E-state index < -0.39 is 0 Å². The molecule has 2 aliphatic carbocycles. The SMILES string of the molecule is CN(C)C.[Ti+4].c1ccc2c(c1)CC1=C2CCC[CH-]1.